The first kappa shape index (κ1) is 12.1. The van der Waals surface area contributed by atoms with Gasteiger partial charge in [0.15, 0.2) is 0 Å². The van der Waals surface area contributed by atoms with Crippen molar-refractivity contribution in [3.05, 3.63) is 46.4 Å². The van der Waals surface area contributed by atoms with Gasteiger partial charge in [-0.25, -0.2) is 0 Å². The smallest absolute Gasteiger partial charge is 0.134 e. The van der Waals surface area contributed by atoms with E-state index in [1.807, 2.05) is 18.3 Å². The Hall–Kier alpha value is -1.39. The van der Waals surface area contributed by atoms with Gasteiger partial charge in [-0.1, -0.05) is 13.0 Å². The van der Waals surface area contributed by atoms with Crippen LogP contribution in [0.25, 0.3) is 0 Å². The Morgan fingerprint density at radius 2 is 2.35 bits per heavy atom. The lowest BCUT2D eigenvalue weighted by Gasteiger charge is -2.17. The Kier molecular flexibility index (Phi) is 4.12. The number of hydrogen-bond acceptors (Lipinski definition) is 4. The van der Waals surface area contributed by atoms with Gasteiger partial charge in [0.05, 0.1) is 18.0 Å². The SMILES string of the molecule is CCNC(c1cccnc1)c1sccc1OC. The number of thiophene rings is 1. The second kappa shape index (κ2) is 5.80. The van der Waals surface area contributed by atoms with Crippen LogP contribution in [0.2, 0.25) is 0 Å². The number of rotatable bonds is 5. The molecule has 0 radical (unpaired) electrons. The lowest BCUT2D eigenvalue weighted by molar-refractivity contribution is 0.408. The standard InChI is InChI=1S/C13H16N2OS/c1-3-15-12(10-5-4-7-14-9-10)13-11(16-2)6-8-17-13/h4-9,12,15H,3H2,1-2H3. The van der Waals surface area contributed by atoms with Crippen molar-refractivity contribution in [1.29, 1.82) is 0 Å². The highest BCUT2D eigenvalue weighted by Crippen LogP contribution is 2.34. The average Bonchev–Trinajstić information content (AvgIpc) is 2.85. The van der Waals surface area contributed by atoms with Gasteiger partial charge >= 0.3 is 0 Å². The zero-order chi connectivity index (χ0) is 12.1. The molecule has 0 amide bonds. The maximum atomic E-state index is 5.38. The molecule has 0 aliphatic rings. The van der Waals surface area contributed by atoms with Gasteiger partial charge in [0, 0.05) is 12.4 Å². The highest BCUT2D eigenvalue weighted by molar-refractivity contribution is 7.10. The molecule has 2 heterocycles. The summed E-state index contributed by atoms with van der Waals surface area (Å²) in [7, 11) is 1.71. The van der Waals surface area contributed by atoms with Crippen LogP contribution < -0.4 is 10.1 Å². The summed E-state index contributed by atoms with van der Waals surface area (Å²) in [6, 6.07) is 6.20. The fourth-order valence-electron chi connectivity index (χ4n) is 1.80. The molecule has 3 nitrogen and oxygen atoms in total. The number of nitrogens with zero attached hydrogens (tertiary/aromatic N) is 1. The third kappa shape index (κ3) is 2.65. The molecule has 2 rings (SSSR count). The first-order valence-corrected chi connectivity index (χ1v) is 6.49. The van der Waals surface area contributed by atoms with E-state index in [-0.39, 0.29) is 6.04 Å². The van der Waals surface area contributed by atoms with Crippen LogP contribution in [0.5, 0.6) is 5.75 Å². The Labute approximate surface area is 105 Å². The molecule has 2 aromatic rings. The van der Waals surface area contributed by atoms with Crippen LogP contribution in [-0.2, 0) is 0 Å². The first-order valence-electron chi connectivity index (χ1n) is 5.61. The monoisotopic (exact) mass is 248 g/mol. The zero-order valence-corrected chi connectivity index (χ0v) is 10.8. The molecule has 0 aromatic carbocycles. The predicted molar refractivity (Wildman–Crippen MR) is 70.6 cm³/mol. The number of aromatic nitrogens is 1. The maximum absolute atomic E-state index is 5.38. The van der Waals surface area contributed by atoms with Crippen molar-refractivity contribution in [3.8, 4) is 5.75 Å². The maximum Gasteiger partial charge on any atom is 0.134 e. The molecular formula is C13H16N2OS. The van der Waals surface area contributed by atoms with Crippen LogP contribution in [-0.4, -0.2) is 18.6 Å². The molecule has 0 fully saturated rings. The Bertz CT molecular complexity index is 455. The molecule has 1 atom stereocenters. The number of hydrogen-bond donors (Lipinski definition) is 1. The minimum Gasteiger partial charge on any atom is -0.496 e. The van der Waals surface area contributed by atoms with Gasteiger partial charge in [0.2, 0.25) is 0 Å². The highest BCUT2D eigenvalue weighted by Gasteiger charge is 2.18. The molecule has 4 heteroatoms. The van der Waals surface area contributed by atoms with E-state index in [2.05, 4.69) is 28.7 Å². The predicted octanol–water partition coefficient (Wildman–Crippen LogP) is 2.85. The van der Waals surface area contributed by atoms with Crippen molar-refractivity contribution < 1.29 is 4.74 Å². The topological polar surface area (TPSA) is 34.2 Å². The van der Waals surface area contributed by atoms with Gasteiger partial charge in [-0.2, -0.15) is 0 Å². The lowest BCUT2D eigenvalue weighted by Crippen LogP contribution is -2.21. The molecule has 1 unspecified atom stereocenters. The van der Waals surface area contributed by atoms with Crippen molar-refractivity contribution in [1.82, 2.24) is 10.3 Å². The molecule has 1 N–H and O–H groups in total. The van der Waals surface area contributed by atoms with Gasteiger partial charge in [-0.05, 0) is 29.6 Å². The van der Waals surface area contributed by atoms with Crippen molar-refractivity contribution in [2.24, 2.45) is 0 Å². The van der Waals surface area contributed by atoms with Crippen molar-refractivity contribution in [2.45, 2.75) is 13.0 Å². The molecule has 0 spiro atoms. The zero-order valence-electron chi connectivity index (χ0n) is 10.0. The van der Waals surface area contributed by atoms with Crippen LogP contribution in [0.3, 0.4) is 0 Å². The van der Waals surface area contributed by atoms with Crippen molar-refractivity contribution in [2.75, 3.05) is 13.7 Å². The molecule has 0 aliphatic carbocycles. The normalized spacial score (nSPS) is 12.4. The molecule has 0 saturated carbocycles. The van der Waals surface area contributed by atoms with Crippen molar-refractivity contribution >= 4 is 11.3 Å². The average molecular weight is 248 g/mol. The lowest BCUT2D eigenvalue weighted by atomic mass is 10.1. The van der Waals surface area contributed by atoms with E-state index in [1.54, 1.807) is 24.6 Å². The van der Waals surface area contributed by atoms with E-state index >= 15 is 0 Å². The summed E-state index contributed by atoms with van der Waals surface area (Å²) < 4.78 is 5.38. The molecule has 90 valence electrons. The summed E-state index contributed by atoms with van der Waals surface area (Å²) in [6.07, 6.45) is 3.69. The second-order valence-corrected chi connectivity index (χ2v) is 4.58. The molecule has 0 saturated heterocycles. The van der Waals surface area contributed by atoms with Crippen molar-refractivity contribution in [3.63, 3.8) is 0 Å². The molecule has 17 heavy (non-hydrogen) atoms. The largest absolute Gasteiger partial charge is 0.496 e. The molecule has 0 bridgehead atoms. The van der Waals surface area contributed by atoms with Crippen LogP contribution in [0, 0.1) is 0 Å². The quantitative estimate of drug-likeness (QED) is 0.883. The summed E-state index contributed by atoms with van der Waals surface area (Å²) in [6.45, 7) is 3.00. The third-order valence-electron chi connectivity index (χ3n) is 2.57. The fraction of sp³-hybridized carbons (Fsp3) is 0.308. The minimum atomic E-state index is 0.156. The van der Waals surface area contributed by atoms with E-state index in [0.717, 1.165) is 17.9 Å². The minimum absolute atomic E-state index is 0.156. The van der Waals surface area contributed by atoms with E-state index in [9.17, 15) is 0 Å². The summed E-state index contributed by atoms with van der Waals surface area (Å²) in [4.78, 5) is 5.37. The summed E-state index contributed by atoms with van der Waals surface area (Å²) in [5.74, 6) is 0.935. The van der Waals surface area contributed by atoms with Crippen LogP contribution in [0.4, 0.5) is 0 Å². The highest BCUT2D eigenvalue weighted by atomic mass is 32.1. The van der Waals surface area contributed by atoms with Crippen LogP contribution >= 0.6 is 11.3 Å². The molecule has 2 aromatic heterocycles. The third-order valence-corrected chi connectivity index (χ3v) is 3.53. The first-order chi connectivity index (χ1) is 8.36. The van der Waals surface area contributed by atoms with Crippen LogP contribution in [0.1, 0.15) is 23.4 Å². The van der Waals surface area contributed by atoms with E-state index in [4.69, 9.17) is 4.74 Å². The summed E-state index contributed by atoms with van der Waals surface area (Å²) in [5.41, 5.74) is 1.16. The fourth-order valence-corrected chi connectivity index (χ4v) is 2.76. The van der Waals surface area contributed by atoms with E-state index < -0.39 is 0 Å². The summed E-state index contributed by atoms with van der Waals surface area (Å²) >= 11 is 1.70. The Balaban J connectivity index is 2.36. The number of nitrogens with one attached hydrogen (secondary N) is 1. The van der Waals surface area contributed by atoms with Gasteiger partial charge in [0.1, 0.15) is 5.75 Å². The molecular weight excluding hydrogens is 232 g/mol. The number of methoxy groups -OCH3 is 1. The second-order valence-electron chi connectivity index (χ2n) is 3.63. The Morgan fingerprint density at radius 1 is 1.47 bits per heavy atom. The van der Waals surface area contributed by atoms with Gasteiger partial charge in [0.25, 0.3) is 0 Å². The number of pyridine rings is 1. The van der Waals surface area contributed by atoms with E-state index in [0.29, 0.717) is 0 Å². The van der Waals surface area contributed by atoms with Crippen LogP contribution in [0.15, 0.2) is 36.0 Å². The summed E-state index contributed by atoms with van der Waals surface area (Å²) in [5, 5.41) is 5.52. The van der Waals surface area contributed by atoms with Gasteiger partial charge in [-0.3, -0.25) is 4.98 Å². The van der Waals surface area contributed by atoms with E-state index in [1.165, 1.54) is 4.88 Å². The number of ether oxygens (including phenoxy) is 1. The van der Waals surface area contributed by atoms with Gasteiger partial charge < -0.3 is 10.1 Å². The molecule has 0 aliphatic heterocycles. The van der Waals surface area contributed by atoms with Gasteiger partial charge in [-0.15, -0.1) is 11.3 Å². The Morgan fingerprint density at radius 3 is 3.00 bits per heavy atom.